The number of ketones is 1. The lowest BCUT2D eigenvalue weighted by Gasteiger charge is -2.61. The van der Waals surface area contributed by atoms with Gasteiger partial charge in [0.05, 0.1) is 5.60 Å². The summed E-state index contributed by atoms with van der Waals surface area (Å²) >= 11 is 0. The van der Waals surface area contributed by atoms with Gasteiger partial charge in [0.15, 0.2) is 5.78 Å². The minimum absolute atomic E-state index is 0.0755. The van der Waals surface area contributed by atoms with E-state index in [4.69, 9.17) is 0 Å². The molecule has 1 aromatic carbocycles. The largest absolute Gasteiger partial charge is 0.390 e. The smallest absolute Gasteiger partial charge is 0.166 e. The lowest BCUT2D eigenvalue weighted by molar-refractivity contribution is -0.144. The molecule has 4 aliphatic rings. The van der Waals surface area contributed by atoms with E-state index in [0.717, 1.165) is 50.4 Å². The summed E-state index contributed by atoms with van der Waals surface area (Å²) in [7, 11) is 0. The Hall–Kier alpha value is -1.22. The molecule has 30 heavy (non-hydrogen) atoms. The Morgan fingerprint density at radius 2 is 1.60 bits per heavy atom. The van der Waals surface area contributed by atoms with E-state index in [1.807, 2.05) is 6.92 Å². The molecule has 8 atom stereocenters. The molecule has 0 spiro atoms. The Morgan fingerprint density at radius 1 is 0.900 bits per heavy atom. The molecule has 0 amide bonds. The second-order valence-corrected chi connectivity index (χ2v) is 11.9. The molecule has 2 nitrogen and oxygen atoms in total. The van der Waals surface area contributed by atoms with Crippen molar-refractivity contribution in [3.05, 3.63) is 35.6 Å². The van der Waals surface area contributed by atoms with Gasteiger partial charge in [0.25, 0.3) is 0 Å². The van der Waals surface area contributed by atoms with Crippen LogP contribution in [0.25, 0.3) is 0 Å². The summed E-state index contributed by atoms with van der Waals surface area (Å²) in [5.74, 6) is 2.76. The molecule has 4 aliphatic carbocycles. The second-order valence-electron chi connectivity index (χ2n) is 11.9. The van der Waals surface area contributed by atoms with Crippen molar-refractivity contribution in [2.75, 3.05) is 0 Å². The van der Waals surface area contributed by atoms with Gasteiger partial charge in [-0.3, -0.25) is 4.79 Å². The fourth-order valence-electron chi connectivity index (χ4n) is 8.68. The van der Waals surface area contributed by atoms with Crippen LogP contribution in [0.3, 0.4) is 0 Å². The quantitative estimate of drug-likeness (QED) is 0.569. The Labute approximate surface area is 180 Å². The van der Waals surface area contributed by atoms with Crippen LogP contribution in [-0.4, -0.2) is 16.5 Å². The molecular formula is C27H37FO2. The molecule has 0 bridgehead atoms. The van der Waals surface area contributed by atoms with Gasteiger partial charge in [-0.05, 0) is 123 Å². The zero-order chi connectivity index (χ0) is 21.3. The molecule has 0 radical (unpaired) electrons. The summed E-state index contributed by atoms with van der Waals surface area (Å²) in [6, 6.07) is 6.16. The van der Waals surface area contributed by atoms with Crippen molar-refractivity contribution in [3.8, 4) is 0 Å². The van der Waals surface area contributed by atoms with E-state index in [9.17, 15) is 14.3 Å². The van der Waals surface area contributed by atoms with Gasteiger partial charge in [0, 0.05) is 11.5 Å². The third kappa shape index (κ3) is 3.02. The van der Waals surface area contributed by atoms with Crippen LogP contribution in [-0.2, 0) is 0 Å². The molecule has 164 valence electrons. The maximum atomic E-state index is 13.4. The Kier molecular flexibility index (Phi) is 4.75. The molecular weight excluding hydrogens is 375 g/mol. The van der Waals surface area contributed by atoms with Crippen LogP contribution >= 0.6 is 0 Å². The van der Waals surface area contributed by atoms with Crippen LogP contribution < -0.4 is 0 Å². The van der Waals surface area contributed by atoms with E-state index in [2.05, 4.69) is 13.8 Å². The summed E-state index contributed by atoms with van der Waals surface area (Å²) in [5, 5.41) is 10.7. The number of halogens is 1. The van der Waals surface area contributed by atoms with Gasteiger partial charge in [0.1, 0.15) is 5.82 Å². The fourth-order valence-corrected chi connectivity index (χ4v) is 8.68. The topological polar surface area (TPSA) is 37.3 Å². The predicted octanol–water partition coefficient (Wildman–Crippen LogP) is 6.42. The Bertz CT molecular complexity index is 830. The van der Waals surface area contributed by atoms with E-state index in [1.54, 1.807) is 12.1 Å². The first-order chi connectivity index (χ1) is 14.1. The molecule has 4 fully saturated rings. The molecule has 0 aliphatic heterocycles. The van der Waals surface area contributed by atoms with Crippen LogP contribution in [0.15, 0.2) is 24.3 Å². The molecule has 4 saturated carbocycles. The van der Waals surface area contributed by atoms with Gasteiger partial charge in [-0.1, -0.05) is 13.8 Å². The highest BCUT2D eigenvalue weighted by atomic mass is 19.1. The van der Waals surface area contributed by atoms with E-state index >= 15 is 0 Å². The molecule has 1 aromatic rings. The predicted molar refractivity (Wildman–Crippen MR) is 117 cm³/mol. The van der Waals surface area contributed by atoms with Crippen molar-refractivity contribution in [2.45, 2.75) is 84.2 Å². The van der Waals surface area contributed by atoms with Gasteiger partial charge < -0.3 is 5.11 Å². The first-order valence-corrected chi connectivity index (χ1v) is 12.2. The zero-order valence-corrected chi connectivity index (χ0v) is 18.8. The molecule has 5 rings (SSSR count). The molecule has 0 aromatic heterocycles. The summed E-state index contributed by atoms with van der Waals surface area (Å²) < 4.78 is 13.3. The van der Waals surface area contributed by atoms with E-state index < -0.39 is 5.60 Å². The number of rotatable bonds is 2. The number of carbonyl (C=O) groups is 1. The molecule has 1 N–H and O–H groups in total. The number of Topliss-reactive ketones (excluding diaryl/α,β-unsaturated/α-hetero) is 1. The highest BCUT2D eigenvalue weighted by molar-refractivity contribution is 5.98. The summed E-state index contributed by atoms with van der Waals surface area (Å²) in [6.45, 7) is 6.93. The minimum atomic E-state index is -0.486. The van der Waals surface area contributed by atoms with Gasteiger partial charge >= 0.3 is 0 Å². The zero-order valence-electron chi connectivity index (χ0n) is 18.8. The van der Waals surface area contributed by atoms with Gasteiger partial charge in [-0.2, -0.15) is 0 Å². The average Bonchev–Trinajstić information content (AvgIpc) is 3.05. The van der Waals surface area contributed by atoms with Crippen LogP contribution in [0.2, 0.25) is 0 Å². The van der Waals surface area contributed by atoms with Crippen molar-refractivity contribution in [1.82, 2.24) is 0 Å². The standard InChI is InChI=1S/C27H37FO2/c1-25(30)14-15-26(2)18(16-25)6-9-20-21-10-11-23(27(21,3)13-12-22(20)26)24(29)17-4-7-19(28)8-5-17/h4-5,7-8,18,20-23,30H,6,9-16H2,1-3H3/t18-,20-,21-,22-,23+,25+,26-,27-/m0/s1. The van der Waals surface area contributed by atoms with Crippen molar-refractivity contribution in [3.63, 3.8) is 0 Å². The second kappa shape index (κ2) is 6.89. The van der Waals surface area contributed by atoms with Gasteiger partial charge in [-0.25, -0.2) is 4.39 Å². The maximum absolute atomic E-state index is 13.4. The Balaban J connectivity index is 1.39. The van der Waals surface area contributed by atoms with E-state index in [1.165, 1.54) is 31.4 Å². The maximum Gasteiger partial charge on any atom is 0.166 e. The highest BCUT2D eigenvalue weighted by Crippen LogP contribution is 2.68. The van der Waals surface area contributed by atoms with Crippen molar-refractivity contribution in [1.29, 1.82) is 0 Å². The number of fused-ring (bicyclic) bond motifs is 5. The lowest BCUT2D eigenvalue weighted by atomic mass is 9.44. The summed E-state index contributed by atoms with van der Waals surface area (Å²) in [4.78, 5) is 13.4. The minimum Gasteiger partial charge on any atom is -0.390 e. The lowest BCUT2D eigenvalue weighted by Crippen LogP contribution is -2.55. The summed E-state index contributed by atoms with van der Waals surface area (Å²) in [5.41, 5.74) is 0.623. The summed E-state index contributed by atoms with van der Waals surface area (Å²) in [6.07, 6.45) is 10.0. The van der Waals surface area contributed by atoms with Gasteiger partial charge in [-0.15, -0.1) is 0 Å². The number of benzene rings is 1. The SMILES string of the molecule is C[C@@]1(O)CC[C@@]2(C)[C@@H](CC[C@@H]3[C@@H]2CC[C@]2(C)[C@@H](C(=O)c4ccc(F)cc4)CC[C@@H]32)C1. The Morgan fingerprint density at radius 3 is 2.33 bits per heavy atom. The first kappa shape index (κ1) is 20.7. The third-order valence-electron chi connectivity index (χ3n) is 10.4. The van der Waals surface area contributed by atoms with Crippen molar-refractivity contribution in [2.24, 2.45) is 40.4 Å². The number of hydrogen-bond donors (Lipinski definition) is 1. The molecule has 0 unspecified atom stereocenters. The highest BCUT2D eigenvalue weighted by Gasteiger charge is 2.61. The monoisotopic (exact) mass is 412 g/mol. The molecule has 3 heteroatoms. The number of aliphatic hydroxyl groups is 1. The third-order valence-corrected chi connectivity index (χ3v) is 10.4. The van der Waals surface area contributed by atoms with Crippen molar-refractivity contribution >= 4 is 5.78 Å². The first-order valence-electron chi connectivity index (χ1n) is 12.2. The normalized spacial score (nSPS) is 47.8. The number of carbonyl (C=O) groups excluding carboxylic acids is 1. The average molecular weight is 413 g/mol. The van der Waals surface area contributed by atoms with Crippen LogP contribution in [0.1, 0.15) is 88.9 Å². The van der Waals surface area contributed by atoms with Crippen LogP contribution in [0, 0.1) is 46.2 Å². The van der Waals surface area contributed by atoms with Crippen LogP contribution in [0.4, 0.5) is 4.39 Å². The van der Waals surface area contributed by atoms with Crippen LogP contribution in [0.5, 0.6) is 0 Å². The number of hydrogen-bond acceptors (Lipinski definition) is 2. The molecule has 0 heterocycles. The van der Waals surface area contributed by atoms with Gasteiger partial charge in [0.2, 0.25) is 0 Å². The van der Waals surface area contributed by atoms with Crippen molar-refractivity contribution < 1.29 is 14.3 Å². The fraction of sp³-hybridized carbons (Fsp3) is 0.741. The van der Waals surface area contributed by atoms with E-state index in [-0.39, 0.29) is 22.9 Å². The molecule has 0 saturated heterocycles. The van der Waals surface area contributed by atoms with E-state index in [0.29, 0.717) is 22.8 Å².